The van der Waals surface area contributed by atoms with Crippen LogP contribution in [0, 0.1) is 5.82 Å². The fraction of sp³-hybridized carbons (Fsp3) is 0.0870. The van der Waals surface area contributed by atoms with Crippen molar-refractivity contribution >= 4 is 32.2 Å². The summed E-state index contributed by atoms with van der Waals surface area (Å²) < 4.78 is 39.8. The Morgan fingerprint density at radius 1 is 1.06 bits per heavy atom. The van der Waals surface area contributed by atoms with Crippen LogP contribution in [0.3, 0.4) is 0 Å². The molecular weight excluding hydrogens is 485 g/mol. The third-order valence-corrected chi connectivity index (χ3v) is 6.29. The molecule has 0 aliphatic carbocycles. The fourth-order valence-corrected chi connectivity index (χ4v) is 4.42. The molecule has 0 saturated heterocycles. The van der Waals surface area contributed by atoms with Crippen LogP contribution in [0.15, 0.2) is 55.0 Å². The third-order valence-electron chi connectivity index (χ3n) is 5.62. The number of benzene rings is 1. The minimum Gasteiger partial charge on any atom is -0.321 e. The maximum Gasteiger partial charge on any atom is 0.209 e. The molecule has 0 radical (unpaired) electrons. The number of fused-ring (bicyclic) bond motifs is 2. The van der Waals surface area contributed by atoms with Crippen LogP contribution >= 0.6 is 0 Å². The van der Waals surface area contributed by atoms with E-state index in [1.807, 2.05) is 12.1 Å². The molecule has 1 aromatic carbocycles. The van der Waals surface area contributed by atoms with Crippen molar-refractivity contribution in [2.24, 2.45) is 0 Å². The van der Waals surface area contributed by atoms with E-state index in [1.54, 1.807) is 30.7 Å². The number of hydrogen-bond acceptors (Lipinski definition) is 7. The number of rotatable bonds is 6. The molecule has 6 aromatic rings. The van der Waals surface area contributed by atoms with Gasteiger partial charge in [-0.3, -0.25) is 10.2 Å². The van der Waals surface area contributed by atoms with Gasteiger partial charge >= 0.3 is 0 Å². The molecule has 4 N–H and O–H groups in total. The quantitative estimate of drug-likeness (QED) is 0.272. The zero-order valence-electron chi connectivity index (χ0n) is 18.7. The second-order valence-corrected chi connectivity index (χ2v) is 10.1. The predicted octanol–water partition coefficient (Wildman–Crippen LogP) is 3.14. The van der Waals surface area contributed by atoms with Gasteiger partial charge in [0.25, 0.3) is 0 Å². The minimum atomic E-state index is -3.43. The number of halogens is 1. The van der Waals surface area contributed by atoms with Crippen molar-refractivity contribution in [1.82, 2.24) is 45.1 Å². The van der Waals surface area contributed by atoms with Crippen molar-refractivity contribution in [2.75, 3.05) is 6.26 Å². The van der Waals surface area contributed by atoms with Gasteiger partial charge in [-0.15, -0.1) is 0 Å². The summed E-state index contributed by atoms with van der Waals surface area (Å²) in [5, 5.41) is 14.1. The Labute approximate surface area is 203 Å². The number of imidazole rings is 1. The second kappa shape index (κ2) is 8.32. The minimum absolute atomic E-state index is 0.0342. The van der Waals surface area contributed by atoms with Gasteiger partial charge in [0.15, 0.2) is 17.2 Å². The van der Waals surface area contributed by atoms with Crippen molar-refractivity contribution in [3.05, 3.63) is 66.4 Å². The van der Waals surface area contributed by atoms with Gasteiger partial charge in [-0.25, -0.2) is 32.5 Å². The Balaban J connectivity index is 1.44. The van der Waals surface area contributed by atoms with Crippen LogP contribution in [0.25, 0.3) is 56.1 Å². The molecule has 5 aromatic heterocycles. The molecule has 0 amide bonds. The average Bonchev–Trinajstić information content (AvgIpc) is 3.60. The maximum absolute atomic E-state index is 14.4. The van der Waals surface area contributed by atoms with Gasteiger partial charge in [0, 0.05) is 30.1 Å². The van der Waals surface area contributed by atoms with Crippen LogP contribution in [0.1, 0.15) is 5.56 Å². The van der Waals surface area contributed by atoms with E-state index in [4.69, 9.17) is 9.97 Å². The lowest BCUT2D eigenvalue weighted by Gasteiger charge is -2.07. The molecule has 180 valence electrons. The zero-order chi connectivity index (χ0) is 24.9. The third kappa shape index (κ3) is 4.10. The van der Waals surface area contributed by atoms with Gasteiger partial charge in [-0.2, -0.15) is 10.2 Å². The summed E-state index contributed by atoms with van der Waals surface area (Å²) in [6.07, 6.45) is 6.08. The first-order valence-corrected chi connectivity index (χ1v) is 12.7. The van der Waals surface area contributed by atoms with Crippen molar-refractivity contribution < 1.29 is 12.8 Å². The van der Waals surface area contributed by atoms with Gasteiger partial charge in [-0.1, -0.05) is 0 Å². The summed E-state index contributed by atoms with van der Waals surface area (Å²) in [6.45, 7) is -0.0342. The van der Waals surface area contributed by atoms with Gasteiger partial charge in [0.2, 0.25) is 10.0 Å². The van der Waals surface area contributed by atoms with Crippen LogP contribution in [-0.2, 0) is 16.6 Å². The maximum atomic E-state index is 14.4. The predicted molar refractivity (Wildman–Crippen MR) is 131 cm³/mol. The van der Waals surface area contributed by atoms with Crippen LogP contribution in [-0.4, -0.2) is 55.0 Å². The van der Waals surface area contributed by atoms with Crippen LogP contribution in [0.5, 0.6) is 0 Å². The number of hydrogen-bond donors (Lipinski definition) is 4. The highest BCUT2D eigenvalue weighted by Crippen LogP contribution is 2.31. The molecule has 0 bridgehead atoms. The first kappa shape index (κ1) is 22.0. The van der Waals surface area contributed by atoms with Crippen LogP contribution in [0.4, 0.5) is 4.39 Å². The standard InChI is InChI=1S/C23H18FN9O2S/c1-36(34,35)28-9-12-6-13(8-15(24)7-12)16-4-5-25-22-19(16)30-23(31-22)21-20-18(32-33-21)3-2-17(29-20)14-10-26-27-11-14/h2-8,10-11,28H,9H2,1H3,(H,26,27)(H,32,33)(H,25,30,31). The molecule has 5 heterocycles. The van der Waals surface area contributed by atoms with Crippen molar-refractivity contribution in [1.29, 1.82) is 0 Å². The number of aromatic nitrogens is 8. The fourth-order valence-electron chi connectivity index (χ4n) is 3.99. The van der Waals surface area contributed by atoms with E-state index >= 15 is 0 Å². The molecule has 13 heteroatoms. The number of nitrogens with one attached hydrogen (secondary N) is 4. The summed E-state index contributed by atoms with van der Waals surface area (Å²) in [5.74, 6) is -0.0452. The van der Waals surface area contributed by atoms with E-state index in [1.165, 1.54) is 12.1 Å². The normalized spacial score (nSPS) is 12.1. The average molecular weight is 504 g/mol. The first-order valence-electron chi connectivity index (χ1n) is 10.8. The molecule has 36 heavy (non-hydrogen) atoms. The highest BCUT2D eigenvalue weighted by molar-refractivity contribution is 7.88. The van der Waals surface area contributed by atoms with Gasteiger partial charge < -0.3 is 4.98 Å². The van der Waals surface area contributed by atoms with Gasteiger partial charge in [-0.05, 0) is 47.5 Å². The molecule has 0 fully saturated rings. The second-order valence-electron chi connectivity index (χ2n) is 8.23. The summed E-state index contributed by atoms with van der Waals surface area (Å²) >= 11 is 0. The molecular formula is C23H18FN9O2S. The molecule has 0 unspecified atom stereocenters. The SMILES string of the molecule is CS(=O)(=O)NCc1cc(F)cc(-c2ccnc3[nH]c(-c4n[nH]c5ccc(-c6cn[nH]c6)nc45)nc23)c1. The highest BCUT2D eigenvalue weighted by Gasteiger charge is 2.18. The van der Waals surface area contributed by atoms with Gasteiger partial charge in [0.05, 0.1) is 23.7 Å². The smallest absolute Gasteiger partial charge is 0.209 e. The molecule has 0 aliphatic heterocycles. The summed E-state index contributed by atoms with van der Waals surface area (Å²) in [7, 11) is -3.43. The Morgan fingerprint density at radius 2 is 1.94 bits per heavy atom. The Kier molecular flexibility index (Phi) is 5.09. The summed E-state index contributed by atoms with van der Waals surface area (Å²) in [4.78, 5) is 17.0. The van der Waals surface area contributed by atoms with E-state index in [0.717, 1.165) is 23.0 Å². The molecule has 0 atom stereocenters. The number of H-pyrrole nitrogens is 3. The molecule has 0 spiro atoms. The Bertz CT molecular complexity index is 1840. The van der Waals surface area contributed by atoms with Crippen molar-refractivity contribution in [3.63, 3.8) is 0 Å². The van der Waals surface area contributed by atoms with Crippen molar-refractivity contribution in [3.8, 4) is 33.9 Å². The largest absolute Gasteiger partial charge is 0.321 e. The topological polar surface area (TPSA) is 158 Å². The molecule has 11 nitrogen and oxygen atoms in total. The lowest BCUT2D eigenvalue weighted by molar-refractivity contribution is 0.586. The molecule has 0 aliphatic rings. The van der Waals surface area contributed by atoms with E-state index in [9.17, 15) is 12.8 Å². The first-order chi connectivity index (χ1) is 17.3. The molecule has 6 rings (SSSR count). The number of pyridine rings is 2. The van der Waals surface area contributed by atoms with E-state index in [2.05, 4.69) is 35.1 Å². The monoisotopic (exact) mass is 503 g/mol. The Hall–Kier alpha value is -4.49. The summed E-state index contributed by atoms with van der Waals surface area (Å²) in [5.41, 5.74) is 6.09. The van der Waals surface area contributed by atoms with E-state index in [0.29, 0.717) is 44.9 Å². The molecule has 0 saturated carbocycles. The lowest BCUT2D eigenvalue weighted by Crippen LogP contribution is -2.21. The highest BCUT2D eigenvalue weighted by atomic mass is 32.2. The van der Waals surface area contributed by atoms with E-state index in [-0.39, 0.29) is 6.54 Å². The lowest BCUT2D eigenvalue weighted by atomic mass is 10.0. The van der Waals surface area contributed by atoms with Crippen LogP contribution in [0.2, 0.25) is 0 Å². The number of sulfonamides is 1. The van der Waals surface area contributed by atoms with Crippen LogP contribution < -0.4 is 4.72 Å². The Morgan fingerprint density at radius 3 is 2.75 bits per heavy atom. The zero-order valence-corrected chi connectivity index (χ0v) is 19.6. The van der Waals surface area contributed by atoms with Gasteiger partial charge in [0.1, 0.15) is 16.9 Å². The summed E-state index contributed by atoms with van der Waals surface area (Å²) in [6, 6.07) is 9.85. The van der Waals surface area contributed by atoms with Crippen molar-refractivity contribution in [2.45, 2.75) is 6.54 Å². The van der Waals surface area contributed by atoms with E-state index < -0.39 is 15.8 Å². The number of nitrogens with zero attached hydrogens (tertiary/aromatic N) is 5. The number of aromatic amines is 3.